The third kappa shape index (κ3) is 4.51. The Kier molecular flexibility index (Phi) is 5.61. The van der Waals surface area contributed by atoms with E-state index in [1.807, 2.05) is 18.7 Å². The zero-order valence-corrected chi connectivity index (χ0v) is 11.1. The molecule has 4 heteroatoms. The highest BCUT2D eigenvalue weighted by molar-refractivity contribution is 9.09. The first-order chi connectivity index (χ1) is 7.13. The van der Waals surface area contributed by atoms with Crippen molar-refractivity contribution < 1.29 is 9.53 Å². The van der Waals surface area contributed by atoms with Crippen molar-refractivity contribution in [3.05, 3.63) is 0 Å². The van der Waals surface area contributed by atoms with Crippen LogP contribution in [0.1, 0.15) is 33.1 Å². The molecule has 2 unspecified atom stereocenters. The highest BCUT2D eigenvalue weighted by Gasteiger charge is 2.25. The van der Waals surface area contributed by atoms with E-state index in [1.54, 1.807) is 0 Å². The summed E-state index contributed by atoms with van der Waals surface area (Å²) in [7, 11) is 0. The van der Waals surface area contributed by atoms with Crippen LogP contribution < -0.4 is 0 Å². The Morgan fingerprint density at radius 2 is 1.93 bits per heavy atom. The molecule has 0 aliphatic carbocycles. The summed E-state index contributed by atoms with van der Waals surface area (Å²) in [4.78, 5) is 13.8. The molecule has 0 aromatic carbocycles. The van der Waals surface area contributed by atoms with Gasteiger partial charge in [0.2, 0.25) is 5.91 Å². The van der Waals surface area contributed by atoms with Crippen molar-refractivity contribution in [1.29, 1.82) is 0 Å². The topological polar surface area (TPSA) is 29.5 Å². The van der Waals surface area contributed by atoms with Crippen LogP contribution in [-0.2, 0) is 9.53 Å². The monoisotopic (exact) mass is 277 g/mol. The van der Waals surface area contributed by atoms with E-state index >= 15 is 0 Å². The van der Waals surface area contributed by atoms with Crippen LogP contribution in [0.3, 0.4) is 0 Å². The number of carbonyl (C=O) groups excluding carboxylic acids is 1. The standard InChI is InChI=1S/C11H20BrNO2/c1-9-7-13(8-10(2)15-9)11(14)5-3-4-6-12/h9-10H,3-8H2,1-2H3. The molecule has 1 amide bonds. The van der Waals surface area contributed by atoms with Crippen molar-refractivity contribution in [2.75, 3.05) is 18.4 Å². The number of amides is 1. The molecule has 1 fully saturated rings. The first-order valence-electron chi connectivity index (χ1n) is 5.62. The molecule has 1 aliphatic rings. The summed E-state index contributed by atoms with van der Waals surface area (Å²) >= 11 is 3.37. The predicted molar refractivity (Wildman–Crippen MR) is 64.2 cm³/mol. The molecule has 2 atom stereocenters. The van der Waals surface area contributed by atoms with Gasteiger partial charge in [-0.15, -0.1) is 0 Å². The van der Waals surface area contributed by atoms with Crippen LogP contribution >= 0.6 is 15.9 Å². The molecule has 0 aromatic heterocycles. The van der Waals surface area contributed by atoms with Crippen molar-refractivity contribution in [1.82, 2.24) is 4.90 Å². The maximum atomic E-state index is 11.8. The Bertz CT molecular complexity index is 201. The van der Waals surface area contributed by atoms with Gasteiger partial charge in [0.1, 0.15) is 0 Å². The average molecular weight is 278 g/mol. The van der Waals surface area contributed by atoms with Crippen molar-refractivity contribution in [2.24, 2.45) is 0 Å². The van der Waals surface area contributed by atoms with Crippen molar-refractivity contribution in [3.63, 3.8) is 0 Å². The zero-order valence-electron chi connectivity index (χ0n) is 9.54. The molecule has 0 saturated carbocycles. The van der Waals surface area contributed by atoms with E-state index in [0.717, 1.165) is 31.3 Å². The second-order valence-corrected chi connectivity index (χ2v) is 5.00. The minimum Gasteiger partial charge on any atom is -0.372 e. The van der Waals surface area contributed by atoms with Crippen LogP contribution in [0, 0.1) is 0 Å². The number of morpholine rings is 1. The minimum absolute atomic E-state index is 0.175. The van der Waals surface area contributed by atoms with E-state index in [-0.39, 0.29) is 18.1 Å². The first kappa shape index (κ1) is 13.0. The van der Waals surface area contributed by atoms with Gasteiger partial charge in [-0.2, -0.15) is 0 Å². The molecular weight excluding hydrogens is 258 g/mol. The van der Waals surface area contributed by atoms with Crippen LogP contribution in [0.25, 0.3) is 0 Å². The van der Waals surface area contributed by atoms with E-state index in [1.165, 1.54) is 0 Å². The van der Waals surface area contributed by atoms with Gasteiger partial charge in [-0.3, -0.25) is 4.79 Å². The van der Waals surface area contributed by atoms with Gasteiger partial charge in [0, 0.05) is 24.8 Å². The largest absolute Gasteiger partial charge is 0.372 e. The molecular formula is C11H20BrNO2. The lowest BCUT2D eigenvalue weighted by atomic mass is 10.2. The number of hydrogen-bond donors (Lipinski definition) is 0. The molecule has 15 heavy (non-hydrogen) atoms. The second kappa shape index (κ2) is 6.48. The van der Waals surface area contributed by atoms with E-state index < -0.39 is 0 Å². The van der Waals surface area contributed by atoms with E-state index in [9.17, 15) is 4.79 Å². The number of carbonyl (C=O) groups is 1. The number of nitrogens with zero attached hydrogens (tertiary/aromatic N) is 1. The summed E-state index contributed by atoms with van der Waals surface area (Å²) in [6, 6.07) is 0. The summed E-state index contributed by atoms with van der Waals surface area (Å²) in [6.45, 7) is 5.54. The van der Waals surface area contributed by atoms with E-state index in [4.69, 9.17) is 4.74 Å². The summed E-state index contributed by atoms with van der Waals surface area (Å²) in [5.74, 6) is 0.276. The summed E-state index contributed by atoms with van der Waals surface area (Å²) in [5.41, 5.74) is 0. The van der Waals surface area contributed by atoms with Gasteiger partial charge < -0.3 is 9.64 Å². The lowest BCUT2D eigenvalue weighted by Crippen LogP contribution is -2.48. The Hall–Kier alpha value is -0.0900. The molecule has 0 bridgehead atoms. The Morgan fingerprint density at radius 1 is 1.33 bits per heavy atom. The highest BCUT2D eigenvalue weighted by Crippen LogP contribution is 2.12. The lowest BCUT2D eigenvalue weighted by molar-refractivity contribution is -0.143. The fourth-order valence-electron chi connectivity index (χ4n) is 1.91. The van der Waals surface area contributed by atoms with Gasteiger partial charge in [0.05, 0.1) is 12.2 Å². The third-order valence-electron chi connectivity index (χ3n) is 2.55. The number of halogens is 1. The van der Waals surface area contributed by atoms with Gasteiger partial charge >= 0.3 is 0 Å². The maximum Gasteiger partial charge on any atom is 0.222 e. The van der Waals surface area contributed by atoms with Crippen LogP contribution in [0.5, 0.6) is 0 Å². The molecule has 1 rings (SSSR count). The van der Waals surface area contributed by atoms with Crippen LogP contribution in [-0.4, -0.2) is 41.4 Å². The van der Waals surface area contributed by atoms with Crippen LogP contribution in [0.15, 0.2) is 0 Å². The molecule has 0 N–H and O–H groups in total. The number of hydrogen-bond acceptors (Lipinski definition) is 2. The number of unbranched alkanes of at least 4 members (excludes halogenated alkanes) is 1. The number of ether oxygens (including phenoxy) is 1. The summed E-state index contributed by atoms with van der Waals surface area (Å²) in [5, 5.41) is 0.982. The van der Waals surface area contributed by atoms with Crippen LogP contribution in [0.4, 0.5) is 0 Å². The first-order valence-corrected chi connectivity index (χ1v) is 6.75. The maximum absolute atomic E-state index is 11.8. The minimum atomic E-state index is 0.175. The summed E-state index contributed by atoms with van der Waals surface area (Å²) in [6.07, 6.45) is 3.07. The fraction of sp³-hybridized carbons (Fsp3) is 0.909. The Morgan fingerprint density at radius 3 is 2.47 bits per heavy atom. The average Bonchev–Trinajstić information content (AvgIpc) is 2.16. The summed E-state index contributed by atoms with van der Waals surface area (Å²) < 4.78 is 5.59. The quantitative estimate of drug-likeness (QED) is 0.582. The third-order valence-corrected chi connectivity index (χ3v) is 3.11. The van der Waals surface area contributed by atoms with Gasteiger partial charge in [-0.1, -0.05) is 15.9 Å². The molecule has 0 radical (unpaired) electrons. The smallest absolute Gasteiger partial charge is 0.222 e. The highest BCUT2D eigenvalue weighted by atomic mass is 79.9. The van der Waals surface area contributed by atoms with Gasteiger partial charge in [-0.25, -0.2) is 0 Å². The van der Waals surface area contributed by atoms with E-state index in [0.29, 0.717) is 6.42 Å². The van der Waals surface area contributed by atoms with Gasteiger partial charge in [0.15, 0.2) is 0 Å². The van der Waals surface area contributed by atoms with Gasteiger partial charge in [-0.05, 0) is 26.7 Å². The molecule has 88 valence electrons. The van der Waals surface area contributed by atoms with E-state index in [2.05, 4.69) is 15.9 Å². The predicted octanol–water partition coefficient (Wildman–Crippen LogP) is 2.19. The van der Waals surface area contributed by atoms with Crippen molar-refractivity contribution in [3.8, 4) is 0 Å². The number of alkyl halides is 1. The molecule has 1 saturated heterocycles. The van der Waals surface area contributed by atoms with Crippen LogP contribution in [0.2, 0.25) is 0 Å². The molecule has 3 nitrogen and oxygen atoms in total. The Labute approximate surface area is 100 Å². The molecule has 0 spiro atoms. The Balaban J connectivity index is 2.31. The normalized spacial score (nSPS) is 26.7. The molecule has 1 aliphatic heterocycles. The van der Waals surface area contributed by atoms with Crippen molar-refractivity contribution >= 4 is 21.8 Å². The second-order valence-electron chi connectivity index (χ2n) is 4.20. The SMILES string of the molecule is CC1CN(C(=O)CCCCBr)CC(C)O1. The molecule has 0 aromatic rings. The number of rotatable bonds is 4. The fourth-order valence-corrected chi connectivity index (χ4v) is 2.31. The van der Waals surface area contributed by atoms with Crippen molar-refractivity contribution in [2.45, 2.75) is 45.3 Å². The lowest BCUT2D eigenvalue weighted by Gasteiger charge is -2.35. The zero-order chi connectivity index (χ0) is 11.3. The molecule has 1 heterocycles. The van der Waals surface area contributed by atoms with Gasteiger partial charge in [0.25, 0.3) is 0 Å².